The molecule has 11 heteroatoms. The van der Waals surface area contributed by atoms with Crippen molar-refractivity contribution in [3.63, 3.8) is 0 Å². The minimum Gasteiger partial charge on any atom is -0.489 e. The summed E-state index contributed by atoms with van der Waals surface area (Å²) in [5, 5.41) is 27.4. The van der Waals surface area contributed by atoms with Crippen LogP contribution in [0.3, 0.4) is 0 Å². The van der Waals surface area contributed by atoms with Gasteiger partial charge in [-0.05, 0) is 43.7 Å². The average Bonchev–Trinajstić information content (AvgIpc) is 3.57. The van der Waals surface area contributed by atoms with Gasteiger partial charge in [0.25, 0.3) is 0 Å². The normalized spacial score (nSPS) is 12.7. The number of aromatic nitrogens is 6. The van der Waals surface area contributed by atoms with E-state index in [1.807, 2.05) is 43.1 Å². The second kappa shape index (κ2) is 10.3. The maximum absolute atomic E-state index is 13.3. The number of ether oxygens (including phenoxy) is 1. The van der Waals surface area contributed by atoms with Crippen molar-refractivity contribution in [2.45, 2.75) is 26.0 Å². The first-order chi connectivity index (χ1) is 18.3. The zero-order valence-corrected chi connectivity index (χ0v) is 21.0. The fourth-order valence-electron chi connectivity index (χ4n) is 4.08. The van der Waals surface area contributed by atoms with Crippen LogP contribution in [0.1, 0.15) is 31.0 Å². The van der Waals surface area contributed by atoms with Gasteiger partial charge in [-0.2, -0.15) is 15.5 Å². The highest BCUT2D eigenvalue weighted by molar-refractivity contribution is 5.85. The van der Waals surface area contributed by atoms with E-state index in [-0.39, 0.29) is 12.6 Å². The molecule has 0 aliphatic heterocycles. The molecule has 0 bridgehead atoms. The first-order valence-corrected chi connectivity index (χ1v) is 11.9. The lowest BCUT2D eigenvalue weighted by molar-refractivity contribution is 0.122. The van der Waals surface area contributed by atoms with E-state index in [9.17, 15) is 14.8 Å². The summed E-state index contributed by atoms with van der Waals surface area (Å²) in [6.45, 7) is 3.82. The number of hydrogen-bond acceptors (Lipinski definition) is 8. The second-order valence-corrected chi connectivity index (χ2v) is 8.96. The number of fused-ring (bicyclic) bond motifs is 1. The van der Waals surface area contributed by atoms with Gasteiger partial charge in [0.15, 0.2) is 11.6 Å². The molecule has 5 aromatic heterocycles. The number of nitrogens with zero attached hydrogens (tertiary/aromatic N) is 8. The number of halogens is 1. The van der Waals surface area contributed by atoms with Crippen LogP contribution in [0.5, 0.6) is 5.75 Å². The molecule has 38 heavy (non-hydrogen) atoms. The van der Waals surface area contributed by atoms with E-state index < -0.39 is 11.9 Å². The number of aliphatic hydroxyl groups is 1. The molecule has 0 saturated carbocycles. The van der Waals surface area contributed by atoms with Crippen LogP contribution in [0.15, 0.2) is 67.5 Å². The van der Waals surface area contributed by atoms with Gasteiger partial charge in [-0.1, -0.05) is 6.07 Å². The average molecular weight is 513 g/mol. The van der Waals surface area contributed by atoms with E-state index in [1.54, 1.807) is 36.1 Å². The summed E-state index contributed by atoms with van der Waals surface area (Å²) in [4.78, 5) is 11.1. The first kappa shape index (κ1) is 24.9. The molecule has 192 valence electrons. The van der Waals surface area contributed by atoms with Gasteiger partial charge in [-0.25, -0.2) is 23.6 Å². The van der Waals surface area contributed by atoms with Gasteiger partial charge < -0.3 is 14.7 Å². The second-order valence-electron chi connectivity index (χ2n) is 8.96. The van der Waals surface area contributed by atoms with Gasteiger partial charge in [-0.3, -0.25) is 0 Å². The standard InChI is InChI=1S/C27H25FN8O2/c1-17(37)16-38-23-8-24(27-21(9-29)12-32-36(27)15-23)20-5-6-25(30-11-20)34(3)18(2)19-4-7-26(31-10-19)35-14-22(28)13-33-35/h4-8,10-15,17-18,37H,16H2,1-3H3/t17?,18-/m0/s1. The molecule has 1 unspecified atom stereocenters. The smallest absolute Gasteiger partial charge is 0.161 e. The SMILES string of the molecule is CC(O)COc1cc(-c2ccc(N(C)[C@@H](C)c3ccc(-n4cc(F)cn4)nc3)nc2)c2c(C#N)cnn2c1. The van der Waals surface area contributed by atoms with E-state index >= 15 is 0 Å². The Morgan fingerprint density at radius 3 is 2.55 bits per heavy atom. The Bertz CT molecular complexity index is 1600. The van der Waals surface area contributed by atoms with Crippen molar-refractivity contribution >= 4 is 11.3 Å². The molecule has 0 aromatic carbocycles. The molecule has 10 nitrogen and oxygen atoms in total. The van der Waals surface area contributed by atoms with Crippen molar-refractivity contribution in [1.29, 1.82) is 5.26 Å². The molecule has 5 heterocycles. The van der Waals surface area contributed by atoms with E-state index in [0.29, 0.717) is 22.6 Å². The summed E-state index contributed by atoms with van der Waals surface area (Å²) >= 11 is 0. The van der Waals surface area contributed by atoms with Crippen LogP contribution in [-0.2, 0) is 0 Å². The van der Waals surface area contributed by atoms with Gasteiger partial charge in [0.1, 0.15) is 24.2 Å². The third kappa shape index (κ3) is 4.89. The largest absolute Gasteiger partial charge is 0.489 e. The summed E-state index contributed by atoms with van der Waals surface area (Å²) in [5.74, 6) is 1.36. The molecule has 0 aliphatic rings. The Balaban J connectivity index is 1.40. The van der Waals surface area contributed by atoms with Crippen LogP contribution in [-0.4, -0.2) is 54.2 Å². The molecular formula is C27H25FN8O2. The van der Waals surface area contributed by atoms with Crippen molar-refractivity contribution < 1.29 is 14.2 Å². The van der Waals surface area contributed by atoms with Gasteiger partial charge >= 0.3 is 0 Å². The molecular weight excluding hydrogens is 487 g/mol. The molecule has 2 atom stereocenters. The summed E-state index contributed by atoms with van der Waals surface area (Å²) in [6.07, 6.45) is 8.46. The summed E-state index contributed by atoms with van der Waals surface area (Å²) in [7, 11) is 1.94. The minimum atomic E-state index is -0.625. The minimum absolute atomic E-state index is 0.0480. The van der Waals surface area contributed by atoms with Crippen LogP contribution < -0.4 is 9.64 Å². The fourth-order valence-corrected chi connectivity index (χ4v) is 4.08. The Morgan fingerprint density at radius 1 is 1.08 bits per heavy atom. The molecule has 5 rings (SSSR count). The van der Waals surface area contributed by atoms with Crippen molar-refractivity contribution in [2.75, 3.05) is 18.6 Å². The third-order valence-electron chi connectivity index (χ3n) is 6.24. The molecule has 0 amide bonds. The van der Waals surface area contributed by atoms with Gasteiger partial charge in [0.2, 0.25) is 0 Å². The van der Waals surface area contributed by atoms with Crippen LogP contribution in [0.25, 0.3) is 22.5 Å². The van der Waals surface area contributed by atoms with Crippen LogP contribution in [0, 0.1) is 17.1 Å². The van der Waals surface area contributed by atoms with Crippen molar-refractivity contribution in [3.05, 3.63) is 84.5 Å². The maximum atomic E-state index is 13.3. The van der Waals surface area contributed by atoms with E-state index in [4.69, 9.17) is 4.74 Å². The highest BCUT2D eigenvalue weighted by Gasteiger charge is 2.17. The predicted molar refractivity (Wildman–Crippen MR) is 138 cm³/mol. The molecule has 0 spiro atoms. The molecule has 5 aromatic rings. The topological polar surface area (TPSA) is 117 Å². The van der Waals surface area contributed by atoms with Gasteiger partial charge in [0.05, 0.1) is 48.0 Å². The molecule has 0 fully saturated rings. The lowest BCUT2D eigenvalue weighted by atomic mass is 10.0. The number of pyridine rings is 3. The lowest BCUT2D eigenvalue weighted by Gasteiger charge is -2.26. The predicted octanol–water partition coefficient (Wildman–Crippen LogP) is 3.94. The van der Waals surface area contributed by atoms with E-state index in [2.05, 4.69) is 26.2 Å². The Kier molecular flexibility index (Phi) is 6.72. The Hall–Kier alpha value is -4.82. The lowest BCUT2D eigenvalue weighted by Crippen LogP contribution is -2.22. The molecule has 0 saturated heterocycles. The third-order valence-corrected chi connectivity index (χ3v) is 6.24. The molecule has 0 aliphatic carbocycles. The van der Waals surface area contributed by atoms with E-state index in [1.165, 1.54) is 17.1 Å². The Morgan fingerprint density at radius 2 is 1.92 bits per heavy atom. The fraction of sp³-hybridized carbons (Fsp3) is 0.222. The monoisotopic (exact) mass is 512 g/mol. The summed E-state index contributed by atoms with van der Waals surface area (Å²) in [5.41, 5.74) is 3.57. The van der Waals surface area contributed by atoms with Crippen LogP contribution >= 0.6 is 0 Å². The quantitative estimate of drug-likeness (QED) is 0.332. The number of nitriles is 1. The highest BCUT2D eigenvalue weighted by atomic mass is 19.1. The maximum Gasteiger partial charge on any atom is 0.161 e. The zero-order chi connectivity index (χ0) is 26.8. The van der Waals surface area contributed by atoms with Crippen LogP contribution in [0.2, 0.25) is 0 Å². The van der Waals surface area contributed by atoms with Crippen molar-refractivity contribution in [1.82, 2.24) is 29.4 Å². The number of rotatable bonds is 8. The van der Waals surface area contributed by atoms with Crippen LogP contribution in [0.4, 0.5) is 10.2 Å². The van der Waals surface area contributed by atoms with Gasteiger partial charge in [0, 0.05) is 30.6 Å². The first-order valence-electron chi connectivity index (χ1n) is 11.9. The summed E-state index contributed by atoms with van der Waals surface area (Å²) < 4.78 is 22.0. The van der Waals surface area contributed by atoms with Crippen molar-refractivity contribution in [2.24, 2.45) is 0 Å². The van der Waals surface area contributed by atoms with Crippen molar-refractivity contribution in [3.8, 4) is 28.8 Å². The zero-order valence-electron chi connectivity index (χ0n) is 21.0. The number of anilines is 1. The Labute approximate surface area is 218 Å². The number of aliphatic hydroxyl groups excluding tert-OH is 1. The molecule has 0 radical (unpaired) electrons. The molecule has 1 N–H and O–H groups in total. The van der Waals surface area contributed by atoms with E-state index in [0.717, 1.165) is 28.7 Å². The van der Waals surface area contributed by atoms with Gasteiger partial charge in [-0.15, -0.1) is 0 Å². The number of hydrogen-bond donors (Lipinski definition) is 1. The summed E-state index contributed by atoms with van der Waals surface area (Å²) in [6, 6.07) is 11.5. The highest BCUT2D eigenvalue weighted by Crippen LogP contribution is 2.32.